The fourth-order valence-corrected chi connectivity index (χ4v) is 3.18. The van der Waals surface area contributed by atoms with E-state index < -0.39 is 23.3 Å². The molecular weight excluding hydrogens is 286 g/mol. The standard InChI is InChI=1S/C15H25N3O4/c1-14(2,3)22-13(21)16-9-15(10-7-5-4-6-8-10)11(19)17-12(20)18-15/h10H,4-9H2,1-3H3,(H,16,21)(H2,17,18,19,20). The van der Waals surface area contributed by atoms with E-state index >= 15 is 0 Å². The molecule has 1 atom stereocenters. The quantitative estimate of drug-likeness (QED) is 0.691. The van der Waals surface area contributed by atoms with Gasteiger partial charge in [0.05, 0.1) is 6.54 Å². The molecule has 0 bridgehead atoms. The zero-order valence-electron chi connectivity index (χ0n) is 13.5. The van der Waals surface area contributed by atoms with Gasteiger partial charge in [-0.3, -0.25) is 10.1 Å². The van der Waals surface area contributed by atoms with Crippen molar-refractivity contribution in [2.75, 3.05) is 6.54 Å². The first-order valence-electron chi connectivity index (χ1n) is 7.83. The Balaban J connectivity index is 2.07. The Bertz CT molecular complexity index is 466. The Labute approximate surface area is 130 Å². The van der Waals surface area contributed by atoms with Crippen molar-refractivity contribution in [2.45, 2.75) is 64.0 Å². The van der Waals surface area contributed by atoms with Crippen molar-refractivity contribution < 1.29 is 19.1 Å². The summed E-state index contributed by atoms with van der Waals surface area (Å²) in [6, 6.07) is -0.499. The molecule has 0 aromatic rings. The van der Waals surface area contributed by atoms with E-state index in [0.717, 1.165) is 32.1 Å². The lowest BCUT2D eigenvalue weighted by molar-refractivity contribution is -0.126. The Morgan fingerprint density at radius 2 is 1.91 bits per heavy atom. The first kappa shape index (κ1) is 16.6. The van der Waals surface area contributed by atoms with E-state index in [1.807, 2.05) is 0 Å². The Kier molecular flexibility index (Phi) is 4.63. The first-order valence-corrected chi connectivity index (χ1v) is 7.83. The highest BCUT2D eigenvalue weighted by Gasteiger charge is 2.52. The van der Waals surface area contributed by atoms with E-state index in [0.29, 0.717) is 0 Å². The minimum Gasteiger partial charge on any atom is -0.444 e. The summed E-state index contributed by atoms with van der Waals surface area (Å²) < 4.78 is 5.20. The molecule has 1 unspecified atom stereocenters. The molecule has 0 aromatic heterocycles. The van der Waals surface area contributed by atoms with E-state index in [9.17, 15) is 14.4 Å². The van der Waals surface area contributed by atoms with Crippen LogP contribution in [0.25, 0.3) is 0 Å². The molecular formula is C15H25N3O4. The van der Waals surface area contributed by atoms with Gasteiger partial charge in [-0.05, 0) is 39.5 Å². The summed E-state index contributed by atoms with van der Waals surface area (Å²) >= 11 is 0. The summed E-state index contributed by atoms with van der Waals surface area (Å²) in [5.41, 5.74) is -1.67. The number of alkyl carbamates (subject to hydrolysis) is 1. The molecule has 22 heavy (non-hydrogen) atoms. The van der Waals surface area contributed by atoms with Crippen molar-refractivity contribution in [2.24, 2.45) is 5.92 Å². The van der Waals surface area contributed by atoms with Gasteiger partial charge in [-0.1, -0.05) is 19.3 Å². The third-order valence-electron chi connectivity index (χ3n) is 4.18. The minimum atomic E-state index is -1.06. The topological polar surface area (TPSA) is 96.5 Å². The monoisotopic (exact) mass is 311 g/mol. The van der Waals surface area contributed by atoms with E-state index in [-0.39, 0.29) is 18.4 Å². The number of ether oxygens (including phenoxy) is 1. The molecule has 1 aliphatic heterocycles. The van der Waals surface area contributed by atoms with Crippen LogP contribution in [0.2, 0.25) is 0 Å². The maximum absolute atomic E-state index is 12.3. The zero-order valence-corrected chi connectivity index (χ0v) is 13.5. The number of carbonyl (C=O) groups excluding carboxylic acids is 3. The van der Waals surface area contributed by atoms with Gasteiger partial charge in [-0.15, -0.1) is 0 Å². The molecule has 1 aliphatic carbocycles. The van der Waals surface area contributed by atoms with Crippen molar-refractivity contribution >= 4 is 18.0 Å². The molecule has 1 saturated carbocycles. The van der Waals surface area contributed by atoms with Crippen LogP contribution < -0.4 is 16.0 Å². The van der Waals surface area contributed by atoms with E-state index in [2.05, 4.69) is 16.0 Å². The minimum absolute atomic E-state index is 0.0302. The van der Waals surface area contributed by atoms with Crippen molar-refractivity contribution in [1.29, 1.82) is 0 Å². The van der Waals surface area contributed by atoms with Gasteiger partial charge in [0.2, 0.25) is 0 Å². The van der Waals surface area contributed by atoms with Crippen LogP contribution in [0.5, 0.6) is 0 Å². The number of rotatable bonds is 3. The van der Waals surface area contributed by atoms with Gasteiger partial charge >= 0.3 is 12.1 Å². The summed E-state index contributed by atoms with van der Waals surface area (Å²) in [5, 5.41) is 7.66. The molecule has 0 spiro atoms. The number of nitrogens with one attached hydrogen (secondary N) is 3. The van der Waals surface area contributed by atoms with E-state index in [1.54, 1.807) is 20.8 Å². The highest BCUT2D eigenvalue weighted by molar-refractivity contribution is 6.07. The smallest absolute Gasteiger partial charge is 0.407 e. The highest BCUT2D eigenvalue weighted by Crippen LogP contribution is 2.34. The second-order valence-electron chi connectivity index (χ2n) is 7.07. The molecule has 2 rings (SSSR count). The molecule has 2 aliphatic rings. The number of carbonyl (C=O) groups is 3. The first-order chi connectivity index (χ1) is 10.2. The molecule has 124 valence electrons. The van der Waals surface area contributed by atoms with Crippen LogP contribution in [-0.2, 0) is 9.53 Å². The molecule has 0 radical (unpaired) electrons. The summed E-state index contributed by atoms with van der Waals surface area (Å²) in [6.07, 6.45) is 4.34. The molecule has 1 heterocycles. The second-order valence-corrected chi connectivity index (χ2v) is 7.07. The molecule has 4 amide bonds. The molecule has 3 N–H and O–H groups in total. The predicted molar refractivity (Wildman–Crippen MR) is 80.2 cm³/mol. The number of hydrogen-bond acceptors (Lipinski definition) is 4. The molecule has 0 aromatic carbocycles. The Morgan fingerprint density at radius 3 is 2.41 bits per heavy atom. The lowest BCUT2D eigenvalue weighted by Crippen LogP contribution is -2.60. The van der Waals surface area contributed by atoms with Crippen LogP contribution in [0.1, 0.15) is 52.9 Å². The van der Waals surface area contributed by atoms with Gasteiger partial charge in [-0.2, -0.15) is 0 Å². The highest BCUT2D eigenvalue weighted by atomic mass is 16.6. The zero-order chi connectivity index (χ0) is 16.4. The van der Waals surface area contributed by atoms with Crippen LogP contribution in [0.4, 0.5) is 9.59 Å². The Morgan fingerprint density at radius 1 is 1.27 bits per heavy atom. The number of hydrogen-bond donors (Lipinski definition) is 3. The fourth-order valence-electron chi connectivity index (χ4n) is 3.18. The molecule has 7 nitrogen and oxygen atoms in total. The van der Waals surface area contributed by atoms with E-state index in [4.69, 9.17) is 4.74 Å². The van der Waals surface area contributed by atoms with E-state index in [1.165, 1.54) is 0 Å². The predicted octanol–water partition coefficient (Wildman–Crippen LogP) is 1.67. The maximum atomic E-state index is 12.3. The third-order valence-corrected chi connectivity index (χ3v) is 4.18. The molecule has 7 heteroatoms. The Hall–Kier alpha value is -1.79. The van der Waals surface area contributed by atoms with Crippen LogP contribution >= 0.6 is 0 Å². The molecule has 1 saturated heterocycles. The maximum Gasteiger partial charge on any atom is 0.407 e. The average Bonchev–Trinajstić information content (AvgIpc) is 2.71. The number of amides is 4. The number of imide groups is 1. The fraction of sp³-hybridized carbons (Fsp3) is 0.800. The van der Waals surface area contributed by atoms with Gasteiger partial charge in [-0.25, -0.2) is 9.59 Å². The van der Waals surface area contributed by atoms with Gasteiger partial charge in [0.1, 0.15) is 11.1 Å². The summed E-state index contributed by atoms with van der Waals surface area (Å²) in [4.78, 5) is 35.8. The van der Waals surface area contributed by atoms with Crippen molar-refractivity contribution in [3.63, 3.8) is 0 Å². The molecule has 2 fully saturated rings. The van der Waals surface area contributed by atoms with Crippen molar-refractivity contribution in [3.8, 4) is 0 Å². The normalized spacial score (nSPS) is 26.3. The summed E-state index contributed by atoms with van der Waals surface area (Å²) in [7, 11) is 0. The summed E-state index contributed by atoms with van der Waals surface area (Å²) in [6.45, 7) is 5.36. The summed E-state index contributed by atoms with van der Waals surface area (Å²) in [5.74, 6) is -0.330. The van der Waals surface area contributed by atoms with Crippen LogP contribution in [0, 0.1) is 5.92 Å². The second kappa shape index (κ2) is 6.14. The average molecular weight is 311 g/mol. The SMILES string of the molecule is CC(C)(C)OC(=O)NCC1(C2CCCCC2)NC(=O)NC1=O. The van der Waals surface area contributed by atoms with Gasteiger partial charge < -0.3 is 15.4 Å². The third kappa shape index (κ3) is 3.69. The van der Waals surface area contributed by atoms with Crippen molar-refractivity contribution in [3.05, 3.63) is 0 Å². The van der Waals surface area contributed by atoms with Gasteiger partial charge in [0.15, 0.2) is 0 Å². The van der Waals surface area contributed by atoms with Gasteiger partial charge in [0.25, 0.3) is 5.91 Å². The largest absolute Gasteiger partial charge is 0.444 e. The van der Waals surface area contributed by atoms with Crippen LogP contribution in [0.3, 0.4) is 0 Å². The number of urea groups is 1. The van der Waals surface area contributed by atoms with Crippen LogP contribution in [-0.4, -0.2) is 35.7 Å². The lowest BCUT2D eigenvalue weighted by Gasteiger charge is -2.37. The van der Waals surface area contributed by atoms with Gasteiger partial charge in [0, 0.05) is 0 Å². The van der Waals surface area contributed by atoms with Crippen LogP contribution in [0.15, 0.2) is 0 Å². The van der Waals surface area contributed by atoms with Crippen molar-refractivity contribution in [1.82, 2.24) is 16.0 Å². The lowest BCUT2D eigenvalue weighted by atomic mass is 9.74.